The van der Waals surface area contributed by atoms with Crippen LogP contribution in [-0.4, -0.2) is 31.1 Å². The van der Waals surface area contributed by atoms with Gasteiger partial charge in [0.1, 0.15) is 0 Å². The molecule has 1 aliphatic rings. The van der Waals surface area contributed by atoms with Crippen molar-refractivity contribution in [3.63, 3.8) is 0 Å². The molecule has 1 fully saturated rings. The fourth-order valence-corrected chi connectivity index (χ4v) is 2.64. The molecular formula is C14H21LiN2. The van der Waals surface area contributed by atoms with Gasteiger partial charge in [0.15, 0.2) is 0 Å². The van der Waals surface area contributed by atoms with E-state index in [4.69, 9.17) is 0 Å². The largest absolute Gasteiger partial charge is 1.00 e. The summed E-state index contributed by atoms with van der Waals surface area (Å²) in [5.41, 5.74) is 1.34. The van der Waals surface area contributed by atoms with Crippen LogP contribution in [0.15, 0.2) is 30.3 Å². The van der Waals surface area contributed by atoms with Crippen molar-refractivity contribution in [1.82, 2.24) is 4.90 Å². The van der Waals surface area contributed by atoms with Crippen LogP contribution in [0.1, 0.15) is 31.4 Å². The molecular weight excluding hydrogens is 203 g/mol. The smallest absolute Gasteiger partial charge is 0.657 e. The number of hydrogen-bond acceptors (Lipinski definition) is 1. The van der Waals surface area contributed by atoms with Crippen LogP contribution in [0.3, 0.4) is 0 Å². The van der Waals surface area contributed by atoms with Crippen molar-refractivity contribution in [3.05, 3.63) is 41.2 Å². The van der Waals surface area contributed by atoms with Crippen molar-refractivity contribution in [2.45, 2.75) is 31.8 Å². The van der Waals surface area contributed by atoms with Crippen molar-refractivity contribution >= 4 is 0 Å². The van der Waals surface area contributed by atoms with Gasteiger partial charge in [0.25, 0.3) is 0 Å². The van der Waals surface area contributed by atoms with Crippen LogP contribution in [0, 0.1) is 0 Å². The van der Waals surface area contributed by atoms with E-state index in [1.54, 1.807) is 0 Å². The fourth-order valence-electron chi connectivity index (χ4n) is 2.64. The first-order valence-corrected chi connectivity index (χ1v) is 6.21. The van der Waals surface area contributed by atoms with Gasteiger partial charge in [-0.25, -0.2) is 0 Å². The molecule has 3 heteroatoms. The van der Waals surface area contributed by atoms with E-state index in [9.17, 15) is 0 Å². The van der Waals surface area contributed by atoms with Gasteiger partial charge in [-0.15, -0.1) is 0 Å². The van der Waals surface area contributed by atoms with Gasteiger partial charge in [-0.3, -0.25) is 0 Å². The Morgan fingerprint density at radius 3 is 2.24 bits per heavy atom. The summed E-state index contributed by atoms with van der Waals surface area (Å²) in [7, 11) is 1.93. The molecule has 1 aromatic rings. The average Bonchev–Trinajstić information content (AvgIpc) is 2.85. The van der Waals surface area contributed by atoms with Crippen LogP contribution < -0.4 is 18.9 Å². The maximum Gasteiger partial charge on any atom is 1.00 e. The summed E-state index contributed by atoms with van der Waals surface area (Å²) in [6.45, 7) is 4.77. The third kappa shape index (κ3) is 3.60. The summed E-state index contributed by atoms with van der Waals surface area (Å²) in [6, 6.07) is 11.5. The fraction of sp³-hybridized carbons (Fsp3) is 0.571. The summed E-state index contributed by atoms with van der Waals surface area (Å²) >= 11 is 0. The molecule has 2 rings (SSSR count). The normalized spacial score (nSPS) is 19.6. The molecule has 0 radical (unpaired) electrons. The molecule has 1 heterocycles. The van der Waals surface area contributed by atoms with Crippen molar-refractivity contribution in [2.24, 2.45) is 0 Å². The second kappa shape index (κ2) is 7.23. The van der Waals surface area contributed by atoms with Gasteiger partial charge in [-0.05, 0) is 32.0 Å². The Morgan fingerprint density at radius 1 is 1.12 bits per heavy atom. The minimum absolute atomic E-state index is 0. The van der Waals surface area contributed by atoms with Crippen LogP contribution in [0.25, 0.3) is 5.32 Å². The molecule has 0 bridgehead atoms. The van der Waals surface area contributed by atoms with E-state index in [0.717, 1.165) is 0 Å². The second-order valence-corrected chi connectivity index (χ2v) is 4.60. The Morgan fingerprint density at radius 2 is 1.71 bits per heavy atom. The van der Waals surface area contributed by atoms with Crippen molar-refractivity contribution in [2.75, 3.05) is 20.1 Å². The number of likely N-dealkylation sites (N-methyl/N-ethyl adjacent to an activating group) is 1. The molecule has 0 N–H and O–H groups in total. The molecule has 2 atom stereocenters. The predicted octanol–water partition coefficient (Wildman–Crippen LogP) is 0.220. The molecule has 2 nitrogen and oxygen atoms in total. The van der Waals surface area contributed by atoms with Crippen molar-refractivity contribution in [3.8, 4) is 0 Å². The summed E-state index contributed by atoms with van der Waals surface area (Å²) in [6.07, 6.45) is 2.69. The molecule has 0 unspecified atom stereocenters. The molecule has 1 aliphatic heterocycles. The Hall–Kier alpha value is -0.263. The standard InChI is InChI=1S/C14H21N2.Li/c1-12(16-10-6-7-11-16)14(15-2)13-8-4-3-5-9-13;/h3-5,8-9,12,14H,6-7,10-11H2,1-2H3;/q-1;+1/t12-,14-;/m1./s1. The van der Waals surface area contributed by atoms with Crippen LogP contribution in [0.2, 0.25) is 0 Å². The zero-order valence-corrected chi connectivity index (χ0v) is 11.3. The first kappa shape index (κ1) is 14.8. The maximum atomic E-state index is 4.56. The molecule has 0 saturated carbocycles. The first-order valence-electron chi connectivity index (χ1n) is 6.21. The quantitative estimate of drug-likeness (QED) is 0.669. The van der Waals surface area contributed by atoms with E-state index in [-0.39, 0.29) is 18.9 Å². The van der Waals surface area contributed by atoms with E-state index < -0.39 is 0 Å². The van der Waals surface area contributed by atoms with Crippen LogP contribution in [-0.2, 0) is 0 Å². The Kier molecular flexibility index (Phi) is 6.30. The predicted molar refractivity (Wildman–Crippen MR) is 68.7 cm³/mol. The minimum atomic E-state index is 0. The van der Waals surface area contributed by atoms with E-state index >= 15 is 0 Å². The van der Waals surface area contributed by atoms with Crippen LogP contribution in [0.5, 0.6) is 0 Å². The second-order valence-electron chi connectivity index (χ2n) is 4.60. The number of rotatable bonds is 4. The number of nitrogens with zero attached hydrogens (tertiary/aromatic N) is 2. The molecule has 0 aromatic heterocycles. The zero-order valence-electron chi connectivity index (χ0n) is 11.3. The molecule has 0 aliphatic carbocycles. The first-order chi connectivity index (χ1) is 7.83. The SMILES string of the molecule is C[N-][C@@H](c1ccccc1)[C@@H](C)N1CCCC1.[Li+]. The van der Waals surface area contributed by atoms with Gasteiger partial charge < -0.3 is 10.2 Å². The van der Waals surface area contributed by atoms with Gasteiger partial charge in [0.2, 0.25) is 0 Å². The number of benzene rings is 1. The summed E-state index contributed by atoms with van der Waals surface area (Å²) in [5.74, 6) is 0. The van der Waals surface area contributed by atoms with Crippen LogP contribution >= 0.6 is 0 Å². The molecule has 0 amide bonds. The van der Waals surface area contributed by atoms with Gasteiger partial charge >= 0.3 is 18.9 Å². The summed E-state index contributed by atoms with van der Waals surface area (Å²) < 4.78 is 0. The van der Waals surface area contributed by atoms with E-state index in [2.05, 4.69) is 47.5 Å². The monoisotopic (exact) mass is 224 g/mol. The minimum Gasteiger partial charge on any atom is -0.657 e. The number of hydrogen-bond donors (Lipinski definition) is 0. The third-order valence-corrected chi connectivity index (χ3v) is 3.59. The van der Waals surface area contributed by atoms with E-state index in [0.29, 0.717) is 12.1 Å². The summed E-state index contributed by atoms with van der Waals surface area (Å²) in [5, 5.41) is 4.56. The van der Waals surface area contributed by atoms with Crippen molar-refractivity contribution in [1.29, 1.82) is 0 Å². The van der Waals surface area contributed by atoms with Gasteiger partial charge in [-0.2, -0.15) is 7.05 Å². The van der Waals surface area contributed by atoms with Gasteiger partial charge in [0.05, 0.1) is 0 Å². The summed E-state index contributed by atoms with van der Waals surface area (Å²) in [4.78, 5) is 2.56. The topological polar surface area (TPSA) is 17.3 Å². The Bertz CT molecular complexity index is 309. The third-order valence-electron chi connectivity index (χ3n) is 3.59. The van der Waals surface area contributed by atoms with Gasteiger partial charge in [-0.1, -0.05) is 48.9 Å². The molecule has 0 spiro atoms. The Balaban J connectivity index is 0.00000144. The molecule has 88 valence electrons. The Labute approximate surface area is 117 Å². The van der Waals surface area contributed by atoms with E-state index in [1.165, 1.54) is 31.5 Å². The average molecular weight is 224 g/mol. The van der Waals surface area contributed by atoms with E-state index in [1.807, 2.05) is 7.05 Å². The molecule has 17 heavy (non-hydrogen) atoms. The zero-order chi connectivity index (χ0) is 11.4. The van der Waals surface area contributed by atoms with Gasteiger partial charge in [0, 0.05) is 0 Å². The molecule has 1 aromatic carbocycles. The maximum absolute atomic E-state index is 4.56. The van der Waals surface area contributed by atoms with Crippen LogP contribution in [0.4, 0.5) is 0 Å². The van der Waals surface area contributed by atoms with Crippen molar-refractivity contribution < 1.29 is 18.9 Å². The number of likely N-dealkylation sites (tertiary alicyclic amines) is 1. The molecule has 1 saturated heterocycles.